The Morgan fingerprint density at radius 2 is 1.94 bits per heavy atom. The van der Waals surface area contributed by atoms with E-state index in [1.54, 1.807) is 0 Å². The number of rotatable bonds is 8. The number of amidine groups is 2. The fourth-order valence-electron chi connectivity index (χ4n) is 5.10. The number of nitrogens with one attached hydrogen (secondary N) is 1. The number of aliphatic imine (C=N–C) groups is 1. The van der Waals surface area contributed by atoms with Crippen molar-refractivity contribution in [2.24, 2.45) is 10.1 Å². The normalized spacial score (nSPS) is 22.1. The van der Waals surface area contributed by atoms with E-state index in [9.17, 15) is 4.79 Å². The van der Waals surface area contributed by atoms with Crippen LogP contribution in [0, 0.1) is 0 Å². The lowest BCUT2D eigenvalue weighted by atomic mass is 10.1. The molecule has 1 N–H and O–H groups in total. The van der Waals surface area contributed by atoms with Crippen LogP contribution in [0.15, 0.2) is 52.7 Å². The summed E-state index contributed by atoms with van der Waals surface area (Å²) in [5, 5.41) is 9.73. The molecule has 0 saturated carbocycles. The molecule has 190 valence electrons. The van der Waals surface area contributed by atoms with E-state index in [4.69, 9.17) is 14.8 Å². The number of anilines is 1. The van der Waals surface area contributed by atoms with Crippen molar-refractivity contribution in [1.29, 1.82) is 0 Å². The van der Waals surface area contributed by atoms with Gasteiger partial charge in [0.2, 0.25) is 0 Å². The quantitative estimate of drug-likeness (QED) is 0.614. The van der Waals surface area contributed by atoms with E-state index in [2.05, 4.69) is 45.2 Å². The van der Waals surface area contributed by atoms with Gasteiger partial charge < -0.3 is 15.0 Å². The second kappa shape index (κ2) is 10.7. The van der Waals surface area contributed by atoms with E-state index in [0.29, 0.717) is 12.4 Å². The second-order valence-electron chi connectivity index (χ2n) is 9.48. The van der Waals surface area contributed by atoms with Crippen LogP contribution in [0.4, 0.5) is 5.82 Å². The van der Waals surface area contributed by atoms with E-state index < -0.39 is 0 Å². The van der Waals surface area contributed by atoms with E-state index in [-0.39, 0.29) is 18.0 Å². The van der Waals surface area contributed by atoms with Crippen LogP contribution >= 0.6 is 0 Å². The number of carbonyl (C=O) groups excluding carboxylic acids is 1. The third-order valence-electron chi connectivity index (χ3n) is 6.88. The van der Waals surface area contributed by atoms with Crippen molar-refractivity contribution in [2.45, 2.75) is 52.2 Å². The van der Waals surface area contributed by atoms with Crippen molar-refractivity contribution in [3.05, 3.63) is 53.7 Å². The SMILES string of the molecule is CCCC1=NC(C)C2C(=O)NC(c3cc(CN4CCN(c5ccccn5)CC4)ccc3OCC)=NN12. The summed E-state index contributed by atoms with van der Waals surface area (Å²) < 4.78 is 5.93. The average molecular weight is 490 g/mol. The molecule has 1 saturated heterocycles. The lowest BCUT2D eigenvalue weighted by molar-refractivity contribution is -0.124. The predicted molar refractivity (Wildman–Crippen MR) is 141 cm³/mol. The molecule has 2 unspecified atom stereocenters. The molecule has 2 atom stereocenters. The fraction of sp³-hybridized carbons (Fsp3) is 0.481. The van der Waals surface area contributed by atoms with Gasteiger partial charge in [-0.15, -0.1) is 0 Å². The molecule has 0 spiro atoms. The number of ether oxygens (including phenoxy) is 1. The van der Waals surface area contributed by atoms with E-state index in [1.807, 2.05) is 43.3 Å². The summed E-state index contributed by atoms with van der Waals surface area (Å²) >= 11 is 0. The van der Waals surface area contributed by atoms with Gasteiger partial charge in [-0.05, 0) is 50.1 Å². The largest absolute Gasteiger partial charge is 0.493 e. The van der Waals surface area contributed by atoms with Crippen molar-refractivity contribution < 1.29 is 9.53 Å². The first-order valence-corrected chi connectivity index (χ1v) is 13.0. The number of nitrogens with zero attached hydrogens (tertiary/aromatic N) is 6. The molecule has 3 aliphatic heterocycles. The predicted octanol–water partition coefficient (Wildman–Crippen LogP) is 2.87. The van der Waals surface area contributed by atoms with Crippen molar-refractivity contribution >= 4 is 23.4 Å². The molecular weight excluding hydrogens is 454 g/mol. The number of hydrogen-bond acceptors (Lipinski definition) is 8. The summed E-state index contributed by atoms with van der Waals surface area (Å²) in [5.74, 6) is 3.09. The highest BCUT2D eigenvalue weighted by molar-refractivity contribution is 6.13. The lowest BCUT2D eigenvalue weighted by Crippen LogP contribution is -2.54. The third kappa shape index (κ3) is 4.93. The minimum absolute atomic E-state index is 0.0687. The van der Waals surface area contributed by atoms with Crippen LogP contribution < -0.4 is 15.0 Å². The van der Waals surface area contributed by atoms with Gasteiger partial charge in [0.05, 0.1) is 18.2 Å². The first kappa shape index (κ1) is 24.2. The summed E-state index contributed by atoms with van der Waals surface area (Å²) in [5.41, 5.74) is 1.97. The second-order valence-corrected chi connectivity index (χ2v) is 9.48. The number of hydrazone groups is 1. The van der Waals surface area contributed by atoms with Gasteiger partial charge >= 0.3 is 0 Å². The highest BCUT2D eigenvalue weighted by atomic mass is 16.5. The Labute approximate surface area is 212 Å². The van der Waals surface area contributed by atoms with Crippen molar-refractivity contribution in [3.63, 3.8) is 0 Å². The zero-order valence-corrected chi connectivity index (χ0v) is 21.4. The van der Waals surface area contributed by atoms with Crippen LogP contribution in [-0.2, 0) is 11.3 Å². The van der Waals surface area contributed by atoms with Crippen molar-refractivity contribution in [3.8, 4) is 5.75 Å². The Morgan fingerprint density at radius 3 is 2.67 bits per heavy atom. The van der Waals surface area contributed by atoms with Gasteiger partial charge in [0, 0.05) is 45.3 Å². The molecule has 1 fully saturated rings. The number of hydrogen-bond donors (Lipinski definition) is 1. The van der Waals surface area contributed by atoms with E-state index in [1.165, 1.54) is 0 Å². The third-order valence-corrected chi connectivity index (χ3v) is 6.88. The Bertz CT molecular complexity index is 1140. The molecule has 1 aromatic heterocycles. The molecule has 36 heavy (non-hydrogen) atoms. The summed E-state index contributed by atoms with van der Waals surface area (Å²) in [6.45, 7) is 11.2. The number of piperazine rings is 1. The Kier molecular flexibility index (Phi) is 7.18. The molecule has 5 rings (SSSR count). The number of aromatic nitrogens is 1. The zero-order chi connectivity index (χ0) is 25.1. The Balaban J connectivity index is 1.35. The number of amides is 1. The maximum Gasteiger partial charge on any atom is 0.252 e. The Morgan fingerprint density at radius 1 is 1.11 bits per heavy atom. The summed E-state index contributed by atoms with van der Waals surface area (Å²) in [4.78, 5) is 27.0. The standard InChI is InChI=1S/C27H35N7O2/c1-4-8-24-29-19(3)25-27(35)30-26(31-34(24)25)21-17-20(10-11-22(21)36-5-2)18-32-13-15-33(16-14-32)23-9-6-7-12-28-23/h6-7,9-12,17,19,25H,4-5,8,13-16,18H2,1-3H3,(H,30,31,35). The highest BCUT2D eigenvalue weighted by Gasteiger charge is 2.42. The van der Waals surface area contributed by atoms with Gasteiger partial charge in [-0.25, -0.2) is 9.99 Å². The number of benzene rings is 1. The lowest BCUT2D eigenvalue weighted by Gasteiger charge is -2.35. The molecule has 9 nitrogen and oxygen atoms in total. The number of fused-ring (bicyclic) bond motifs is 1. The summed E-state index contributed by atoms with van der Waals surface area (Å²) in [7, 11) is 0. The molecule has 4 heterocycles. The van der Waals surface area contributed by atoms with Gasteiger partial charge in [0.25, 0.3) is 5.91 Å². The van der Waals surface area contributed by atoms with Crippen LogP contribution in [0.3, 0.4) is 0 Å². The van der Waals surface area contributed by atoms with Crippen LogP contribution in [0.5, 0.6) is 5.75 Å². The first-order valence-electron chi connectivity index (χ1n) is 13.0. The molecule has 1 aromatic carbocycles. The Hall–Kier alpha value is -3.46. The minimum Gasteiger partial charge on any atom is -0.493 e. The number of pyridine rings is 1. The molecule has 2 aromatic rings. The van der Waals surface area contributed by atoms with Crippen LogP contribution in [0.25, 0.3) is 0 Å². The molecule has 9 heteroatoms. The van der Waals surface area contributed by atoms with Gasteiger partial charge in [-0.2, -0.15) is 5.10 Å². The van der Waals surface area contributed by atoms with Crippen LogP contribution in [-0.4, -0.2) is 77.3 Å². The molecule has 1 amide bonds. The monoisotopic (exact) mass is 489 g/mol. The van der Waals surface area contributed by atoms with E-state index in [0.717, 1.165) is 74.1 Å². The fourth-order valence-corrected chi connectivity index (χ4v) is 5.10. The smallest absolute Gasteiger partial charge is 0.252 e. The molecule has 3 aliphatic rings. The molecular formula is C27H35N7O2. The van der Waals surface area contributed by atoms with Gasteiger partial charge in [-0.3, -0.25) is 14.7 Å². The van der Waals surface area contributed by atoms with E-state index >= 15 is 0 Å². The van der Waals surface area contributed by atoms with Gasteiger partial charge in [-0.1, -0.05) is 19.1 Å². The first-order chi connectivity index (χ1) is 17.6. The molecule has 0 bridgehead atoms. The molecule has 0 aliphatic carbocycles. The van der Waals surface area contributed by atoms with Gasteiger partial charge in [0.15, 0.2) is 11.9 Å². The minimum atomic E-state index is -0.385. The summed E-state index contributed by atoms with van der Waals surface area (Å²) in [6.07, 6.45) is 3.60. The topological polar surface area (TPSA) is 85.7 Å². The highest BCUT2D eigenvalue weighted by Crippen LogP contribution is 2.28. The van der Waals surface area contributed by atoms with Crippen molar-refractivity contribution in [1.82, 2.24) is 20.2 Å². The zero-order valence-electron chi connectivity index (χ0n) is 21.4. The van der Waals surface area contributed by atoms with Crippen LogP contribution in [0.2, 0.25) is 0 Å². The van der Waals surface area contributed by atoms with Gasteiger partial charge in [0.1, 0.15) is 17.4 Å². The average Bonchev–Trinajstić information content (AvgIpc) is 3.21. The summed E-state index contributed by atoms with van der Waals surface area (Å²) in [6, 6.07) is 11.8. The maximum absolute atomic E-state index is 13.1. The maximum atomic E-state index is 13.1. The molecule has 0 radical (unpaired) electrons. The van der Waals surface area contributed by atoms with Crippen molar-refractivity contribution in [2.75, 3.05) is 37.7 Å². The number of carbonyl (C=O) groups is 1. The van der Waals surface area contributed by atoms with Crippen LogP contribution in [0.1, 0.15) is 44.7 Å².